The summed E-state index contributed by atoms with van der Waals surface area (Å²) in [6.07, 6.45) is 0.0661. The van der Waals surface area contributed by atoms with Gasteiger partial charge in [0.25, 0.3) is 0 Å². The highest BCUT2D eigenvalue weighted by atomic mass is 19.1. The van der Waals surface area contributed by atoms with Crippen molar-refractivity contribution in [3.05, 3.63) is 29.6 Å². The molecule has 0 aliphatic carbocycles. The third-order valence-corrected chi connectivity index (χ3v) is 2.32. The largest absolute Gasteiger partial charge is 0.491 e. The van der Waals surface area contributed by atoms with E-state index in [0.717, 1.165) is 6.54 Å². The Kier molecular flexibility index (Phi) is 4.74. The summed E-state index contributed by atoms with van der Waals surface area (Å²) in [6, 6.07) is 5.06. The van der Waals surface area contributed by atoms with Crippen molar-refractivity contribution in [3.8, 4) is 5.75 Å². The highest BCUT2D eigenvalue weighted by Crippen LogP contribution is 2.22. The zero-order chi connectivity index (χ0) is 12.1. The van der Waals surface area contributed by atoms with Gasteiger partial charge in [-0.05, 0) is 33.4 Å². The van der Waals surface area contributed by atoms with Gasteiger partial charge in [-0.3, -0.25) is 0 Å². The van der Waals surface area contributed by atoms with Gasteiger partial charge in [0.15, 0.2) is 0 Å². The molecule has 1 aromatic carbocycles. The second kappa shape index (κ2) is 5.85. The van der Waals surface area contributed by atoms with Crippen LogP contribution in [0.25, 0.3) is 0 Å². The van der Waals surface area contributed by atoms with Crippen molar-refractivity contribution in [3.63, 3.8) is 0 Å². The van der Waals surface area contributed by atoms with Crippen LogP contribution in [-0.4, -0.2) is 12.6 Å². The van der Waals surface area contributed by atoms with Crippen LogP contribution < -0.4 is 10.1 Å². The number of hydrogen-bond donors (Lipinski definition) is 1. The van der Waals surface area contributed by atoms with Crippen molar-refractivity contribution in [1.29, 1.82) is 0 Å². The normalized spacial score (nSPS) is 12.9. The molecular weight excluding hydrogens is 205 g/mol. The smallest absolute Gasteiger partial charge is 0.131 e. The minimum absolute atomic E-state index is 0.0260. The first-order chi connectivity index (χ1) is 7.54. The quantitative estimate of drug-likeness (QED) is 0.830. The highest BCUT2D eigenvalue weighted by molar-refractivity contribution is 5.30. The van der Waals surface area contributed by atoms with Crippen LogP contribution in [0.1, 0.15) is 39.3 Å². The van der Waals surface area contributed by atoms with Crippen LogP contribution in [0.15, 0.2) is 18.2 Å². The standard InChI is InChI=1S/C13H20FNO/c1-5-15-10(4)12-7-6-11(8-13(12)14)16-9(2)3/h6-10,15H,5H2,1-4H3. The molecule has 1 atom stereocenters. The Labute approximate surface area is 96.8 Å². The maximum absolute atomic E-state index is 13.8. The molecule has 0 bridgehead atoms. The molecule has 0 aliphatic rings. The summed E-state index contributed by atoms with van der Waals surface area (Å²) in [6.45, 7) is 8.63. The predicted molar refractivity (Wildman–Crippen MR) is 64.3 cm³/mol. The first kappa shape index (κ1) is 13.0. The second-order valence-corrected chi connectivity index (χ2v) is 4.13. The monoisotopic (exact) mass is 225 g/mol. The molecule has 0 aromatic heterocycles. The van der Waals surface area contributed by atoms with Crippen LogP contribution in [0.2, 0.25) is 0 Å². The lowest BCUT2D eigenvalue weighted by molar-refractivity contribution is 0.241. The second-order valence-electron chi connectivity index (χ2n) is 4.13. The summed E-state index contributed by atoms with van der Waals surface area (Å²) in [5.74, 6) is 0.367. The minimum Gasteiger partial charge on any atom is -0.491 e. The van der Waals surface area contributed by atoms with Gasteiger partial charge >= 0.3 is 0 Å². The van der Waals surface area contributed by atoms with Gasteiger partial charge in [0.1, 0.15) is 11.6 Å². The molecule has 16 heavy (non-hydrogen) atoms. The molecule has 2 nitrogen and oxygen atoms in total. The molecule has 1 rings (SSSR count). The van der Waals surface area contributed by atoms with Crippen LogP contribution in [0.4, 0.5) is 4.39 Å². The van der Waals surface area contributed by atoms with Gasteiger partial charge in [-0.2, -0.15) is 0 Å². The van der Waals surface area contributed by atoms with E-state index in [2.05, 4.69) is 5.32 Å². The van der Waals surface area contributed by atoms with Crippen LogP contribution in [-0.2, 0) is 0 Å². The lowest BCUT2D eigenvalue weighted by atomic mass is 10.1. The van der Waals surface area contributed by atoms with Gasteiger partial charge in [-0.25, -0.2) is 4.39 Å². The van der Waals surface area contributed by atoms with E-state index in [1.54, 1.807) is 6.07 Å². The summed E-state index contributed by atoms with van der Waals surface area (Å²) in [5.41, 5.74) is 0.679. The molecule has 90 valence electrons. The Morgan fingerprint density at radius 1 is 1.31 bits per heavy atom. The average molecular weight is 225 g/mol. The Balaban J connectivity index is 2.82. The number of rotatable bonds is 5. The fourth-order valence-corrected chi connectivity index (χ4v) is 1.62. The third kappa shape index (κ3) is 3.49. The highest BCUT2D eigenvalue weighted by Gasteiger charge is 2.11. The molecule has 1 unspecified atom stereocenters. The van der Waals surface area contributed by atoms with E-state index in [0.29, 0.717) is 11.3 Å². The molecule has 0 amide bonds. The maximum Gasteiger partial charge on any atom is 0.131 e. The first-order valence-electron chi connectivity index (χ1n) is 5.74. The molecule has 1 N–H and O–H groups in total. The van der Waals surface area contributed by atoms with Gasteiger partial charge in [0.05, 0.1) is 6.10 Å². The summed E-state index contributed by atoms with van der Waals surface area (Å²) in [4.78, 5) is 0. The summed E-state index contributed by atoms with van der Waals surface area (Å²) in [7, 11) is 0. The van der Waals surface area contributed by atoms with Crippen LogP contribution in [0, 0.1) is 5.82 Å². The lowest BCUT2D eigenvalue weighted by Crippen LogP contribution is -2.18. The Morgan fingerprint density at radius 2 is 2.00 bits per heavy atom. The SMILES string of the molecule is CCNC(C)c1ccc(OC(C)C)cc1F. The Hall–Kier alpha value is -1.09. The van der Waals surface area contributed by atoms with E-state index >= 15 is 0 Å². The van der Waals surface area contributed by atoms with Crippen LogP contribution in [0.3, 0.4) is 0 Å². The van der Waals surface area contributed by atoms with Crippen LogP contribution >= 0.6 is 0 Å². The van der Waals surface area contributed by atoms with Crippen molar-refractivity contribution in [2.24, 2.45) is 0 Å². The van der Waals surface area contributed by atoms with Crippen molar-refractivity contribution in [2.45, 2.75) is 39.8 Å². The van der Waals surface area contributed by atoms with E-state index in [1.807, 2.05) is 33.8 Å². The third-order valence-electron chi connectivity index (χ3n) is 2.32. The summed E-state index contributed by atoms with van der Waals surface area (Å²) >= 11 is 0. The molecule has 0 spiro atoms. The summed E-state index contributed by atoms with van der Waals surface area (Å²) < 4.78 is 19.2. The number of ether oxygens (including phenoxy) is 1. The van der Waals surface area contributed by atoms with E-state index < -0.39 is 0 Å². The van der Waals surface area contributed by atoms with E-state index in [-0.39, 0.29) is 18.0 Å². The number of halogens is 1. The number of benzene rings is 1. The number of nitrogens with one attached hydrogen (secondary N) is 1. The molecule has 0 saturated heterocycles. The molecule has 0 saturated carbocycles. The molecule has 0 radical (unpaired) electrons. The van der Waals surface area contributed by atoms with Crippen molar-refractivity contribution in [1.82, 2.24) is 5.32 Å². The van der Waals surface area contributed by atoms with E-state index in [4.69, 9.17) is 4.74 Å². The van der Waals surface area contributed by atoms with Crippen molar-refractivity contribution >= 4 is 0 Å². The molecule has 0 fully saturated rings. The van der Waals surface area contributed by atoms with Crippen molar-refractivity contribution < 1.29 is 9.13 Å². The molecule has 3 heteroatoms. The van der Waals surface area contributed by atoms with Gasteiger partial charge in [-0.1, -0.05) is 13.0 Å². The molecule has 0 heterocycles. The van der Waals surface area contributed by atoms with E-state index in [1.165, 1.54) is 6.07 Å². The first-order valence-corrected chi connectivity index (χ1v) is 5.74. The minimum atomic E-state index is -0.216. The number of hydrogen-bond acceptors (Lipinski definition) is 2. The van der Waals surface area contributed by atoms with Gasteiger partial charge in [0.2, 0.25) is 0 Å². The van der Waals surface area contributed by atoms with Crippen molar-refractivity contribution in [2.75, 3.05) is 6.54 Å². The molecular formula is C13H20FNO. The zero-order valence-corrected chi connectivity index (χ0v) is 10.4. The molecule has 1 aromatic rings. The molecule has 0 aliphatic heterocycles. The Morgan fingerprint density at radius 3 is 2.50 bits per heavy atom. The van der Waals surface area contributed by atoms with E-state index in [9.17, 15) is 4.39 Å². The lowest BCUT2D eigenvalue weighted by Gasteiger charge is -2.15. The average Bonchev–Trinajstić information content (AvgIpc) is 2.16. The van der Waals surface area contributed by atoms with Gasteiger partial charge in [-0.15, -0.1) is 0 Å². The topological polar surface area (TPSA) is 21.3 Å². The zero-order valence-electron chi connectivity index (χ0n) is 10.4. The fraction of sp³-hybridized carbons (Fsp3) is 0.538. The fourth-order valence-electron chi connectivity index (χ4n) is 1.62. The van der Waals surface area contributed by atoms with Crippen LogP contribution in [0.5, 0.6) is 5.75 Å². The predicted octanol–water partition coefficient (Wildman–Crippen LogP) is 3.28. The Bertz CT molecular complexity index is 339. The van der Waals surface area contributed by atoms with Gasteiger partial charge < -0.3 is 10.1 Å². The van der Waals surface area contributed by atoms with Gasteiger partial charge in [0, 0.05) is 17.7 Å². The maximum atomic E-state index is 13.8. The summed E-state index contributed by atoms with van der Waals surface area (Å²) in [5, 5.41) is 3.18.